The molecule has 2 aromatic heterocycles. The highest BCUT2D eigenvalue weighted by atomic mass is 16.2. The lowest BCUT2D eigenvalue weighted by Gasteiger charge is -2.23. The van der Waals surface area contributed by atoms with E-state index in [1.165, 1.54) is 11.1 Å². The van der Waals surface area contributed by atoms with Crippen molar-refractivity contribution in [2.45, 2.75) is 66.5 Å². The standard InChI is InChI=1S/C25H32N4O/c1-5-9-20(10-6-2)25(30)28-16-21-22(17-28)26-29(24(21)27-13-7-8-14-27)23-12-11-18(3)15-19(23)4/h7-8,11-15,20H,5-6,9-10,16-17H2,1-4H3. The Morgan fingerprint density at radius 1 is 1.07 bits per heavy atom. The van der Waals surface area contributed by atoms with Crippen LogP contribution in [-0.2, 0) is 17.9 Å². The van der Waals surface area contributed by atoms with E-state index >= 15 is 0 Å². The Hall–Kier alpha value is -2.82. The molecule has 30 heavy (non-hydrogen) atoms. The second-order valence-electron chi connectivity index (χ2n) is 8.51. The van der Waals surface area contributed by atoms with Crippen molar-refractivity contribution in [3.05, 3.63) is 65.1 Å². The molecule has 5 heteroatoms. The van der Waals surface area contributed by atoms with E-state index in [0.29, 0.717) is 13.1 Å². The van der Waals surface area contributed by atoms with Gasteiger partial charge in [-0.25, -0.2) is 4.68 Å². The Labute approximate surface area is 179 Å². The first-order valence-corrected chi connectivity index (χ1v) is 11.1. The first-order valence-electron chi connectivity index (χ1n) is 11.1. The van der Waals surface area contributed by atoms with Crippen LogP contribution >= 0.6 is 0 Å². The van der Waals surface area contributed by atoms with Crippen molar-refractivity contribution in [3.8, 4) is 11.5 Å². The van der Waals surface area contributed by atoms with Gasteiger partial charge in [0.15, 0.2) is 0 Å². The van der Waals surface area contributed by atoms with Crippen molar-refractivity contribution in [3.63, 3.8) is 0 Å². The van der Waals surface area contributed by atoms with Gasteiger partial charge in [-0.05, 0) is 50.5 Å². The smallest absolute Gasteiger partial charge is 0.226 e. The Kier molecular flexibility index (Phi) is 5.80. The highest BCUT2D eigenvalue weighted by Crippen LogP contribution is 2.33. The van der Waals surface area contributed by atoms with E-state index in [1.807, 2.05) is 17.0 Å². The minimum atomic E-state index is 0.130. The number of aromatic nitrogens is 3. The number of fused-ring (bicyclic) bond motifs is 1. The number of aryl methyl sites for hydroxylation is 2. The van der Waals surface area contributed by atoms with Gasteiger partial charge in [-0.1, -0.05) is 44.4 Å². The van der Waals surface area contributed by atoms with Gasteiger partial charge in [0.1, 0.15) is 5.82 Å². The number of amides is 1. The van der Waals surface area contributed by atoms with E-state index in [-0.39, 0.29) is 11.8 Å². The average molecular weight is 405 g/mol. The Morgan fingerprint density at radius 2 is 1.77 bits per heavy atom. The van der Waals surface area contributed by atoms with Crippen LogP contribution < -0.4 is 0 Å². The number of hydrogen-bond donors (Lipinski definition) is 0. The first kappa shape index (κ1) is 20.5. The molecular formula is C25H32N4O. The summed E-state index contributed by atoms with van der Waals surface area (Å²) in [6, 6.07) is 10.5. The van der Waals surface area contributed by atoms with Crippen LogP contribution in [0, 0.1) is 19.8 Å². The second kappa shape index (κ2) is 8.50. The van der Waals surface area contributed by atoms with Gasteiger partial charge in [-0.15, -0.1) is 0 Å². The highest BCUT2D eigenvalue weighted by Gasteiger charge is 2.33. The monoisotopic (exact) mass is 404 g/mol. The zero-order valence-corrected chi connectivity index (χ0v) is 18.6. The van der Waals surface area contributed by atoms with Crippen LogP contribution in [-0.4, -0.2) is 25.2 Å². The molecule has 3 aromatic rings. The van der Waals surface area contributed by atoms with E-state index in [9.17, 15) is 4.79 Å². The summed E-state index contributed by atoms with van der Waals surface area (Å²) in [5.74, 6) is 1.46. The van der Waals surface area contributed by atoms with E-state index < -0.39 is 0 Å². The third kappa shape index (κ3) is 3.69. The summed E-state index contributed by atoms with van der Waals surface area (Å²) >= 11 is 0. The number of hydrogen-bond acceptors (Lipinski definition) is 2. The molecule has 0 spiro atoms. The normalized spacial score (nSPS) is 13.3. The summed E-state index contributed by atoms with van der Waals surface area (Å²) in [4.78, 5) is 15.2. The molecule has 1 aliphatic heterocycles. The van der Waals surface area contributed by atoms with Crippen LogP contribution in [0.15, 0.2) is 42.7 Å². The first-order chi connectivity index (χ1) is 14.5. The lowest BCUT2D eigenvalue weighted by molar-refractivity contribution is -0.136. The third-order valence-corrected chi connectivity index (χ3v) is 6.09. The summed E-state index contributed by atoms with van der Waals surface area (Å²) in [5, 5.41) is 4.99. The number of carbonyl (C=O) groups excluding carboxylic acids is 1. The summed E-state index contributed by atoms with van der Waals surface area (Å²) in [7, 11) is 0. The van der Waals surface area contributed by atoms with Crippen molar-refractivity contribution >= 4 is 5.91 Å². The van der Waals surface area contributed by atoms with E-state index in [2.05, 4.69) is 67.5 Å². The zero-order valence-electron chi connectivity index (χ0n) is 18.6. The van der Waals surface area contributed by atoms with E-state index in [0.717, 1.165) is 48.4 Å². The number of benzene rings is 1. The molecule has 0 saturated carbocycles. The highest BCUT2D eigenvalue weighted by molar-refractivity contribution is 5.79. The van der Waals surface area contributed by atoms with Crippen molar-refractivity contribution in [1.29, 1.82) is 0 Å². The predicted octanol–water partition coefficient (Wildman–Crippen LogP) is 5.34. The van der Waals surface area contributed by atoms with Gasteiger partial charge in [0.05, 0.1) is 24.5 Å². The molecule has 1 aromatic carbocycles. The van der Waals surface area contributed by atoms with Crippen LogP contribution in [0.25, 0.3) is 11.5 Å². The van der Waals surface area contributed by atoms with Gasteiger partial charge in [0, 0.05) is 23.9 Å². The molecule has 0 fully saturated rings. The molecule has 0 saturated heterocycles. The lowest BCUT2D eigenvalue weighted by atomic mass is 9.97. The quantitative estimate of drug-likeness (QED) is 0.533. The molecule has 1 aliphatic rings. The van der Waals surface area contributed by atoms with Crippen LogP contribution in [0.2, 0.25) is 0 Å². The summed E-state index contributed by atoms with van der Waals surface area (Å²) < 4.78 is 4.17. The molecule has 158 valence electrons. The van der Waals surface area contributed by atoms with E-state index in [1.54, 1.807) is 0 Å². The molecule has 0 bridgehead atoms. The Balaban J connectivity index is 1.71. The van der Waals surface area contributed by atoms with Gasteiger partial charge in [-0.3, -0.25) is 4.79 Å². The lowest BCUT2D eigenvalue weighted by Crippen LogP contribution is -2.32. The van der Waals surface area contributed by atoms with Crippen molar-refractivity contribution in [1.82, 2.24) is 19.2 Å². The maximum Gasteiger partial charge on any atom is 0.226 e. The third-order valence-electron chi connectivity index (χ3n) is 6.09. The summed E-state index contributed by atoms with van der Waals surface area (Å²) in [6.45, 7) is 9.80. The average Bonchev–Trinajstić information content (AvgIpc) is 3.43. The van der Waals surface area contributed by atoms with Crippen molar-refractivity contribution < 1.29 is 4.79 Å². The summed E-state index contributed by atoms with van der Waals surface area (Å²) in [6.07, 6.45) is 8.13. The summed E-state index contributed by atoms with van der Waals surface area (Å²) in [5.41, 5.74) is 5.70. The molecular weight excluding hydrogens is 372 g/mol. The molecule has 0 atom stereocenters. The topological polar surface area (TPSA) is 43.1 Å². The van der Waals surface area contributed by atoms with Gasteiger partial charge in [-0.2, -0.15) is 5.10 Å². The fraction of sp³-hybridized carbons (Fsp3) is 0.440. The fourth-order valence-corrected chi connectivity index (χ4v) is 4.66. The minimum absolute atomic E-state index is 0.130. The second-order valence-corrected chi connectivity index (χ2v) is 8.51. The van der Waals surface area contributed by atoms with Crippen molar-refractivity contribution in [2.24, 2.45) is 5.92 Å². The molecule has 3 heterocycles. The molecule has 0 aliphatic carbocycles. The molecule has 0 N–H and O–H groups in total. The van der Waals surface area contributed by atoms with E-state index in [4.69, 9.17) is 5.10 Å². The minimum Gasteiger partial charge on any atom is -0.332 e. The molecule has 4 rings (SSSR count). The Bertz CT molecular complexity index is 1030. The largest absolute Gasteiger partial charge is 0.332 e. The van der Waals surface area contributed by atoms with Crippen LogP contribution in [0.1, 0.15) is 61.9 Å². The molecule has 0 radical (unpaired) electrons. The Morgan fingerprint density at radius 3 is 2.40 bits per heavy atom. The van der Waals surface area contributed by atoms with Crippen LogP contribution in [0.4, 0.5) is 0 Å². The van der Waals surface area contributed by atoms with Gasteiger partial charge < -0.3 is 9.47 Å². The maximum atomic E-state index is 13.2. The number of nitrogens with zero attached hydrogens (tertiary/aromatic N) is 4. The number of rotatable bonds is 7. The van der Waals surface area contributed by atoms with Gasteiger partial charge >= 0.3 is 0 Å². The molecule has 1 amide bonds. The van der Waals surface area contributed by atoms with Crippen LogP contribution in [0.5, 0.6) is 0 Å². The zero-order chi connectivity index (χ0) is 21.3. The van der Waals surface area contributed by atoms with Crippen LogP contribution in [0.3, 0.4) is 0 Å². The SMILES string of the molecule is CCCC(CCC)C(=O)N1Cc2nn(-c3ccc(C)cc3C)c(-n3cccc3)c2C1. The fourth-order valence-electron chi connectivity index (χ4n) is 4.66. The predicted molar refractivity (Wildman–Crippen MR) is 120 cm³/mol. The van der Waals surface area contributed by atoms with Gasteiger partial charge in [0.25, 0.3) is 0 Å². The number of carbonyl (C=O) groups is 1. The van der Waals surface area contributed by atoms with Crippen molar-refractivity contribution in [2.75, 3.05) is 0 Å². The molecule has 5 nitrogen and oxygen atoms in total. The molecule has 0 unspecified atom stereocenters. The maximum absolute atomic E-state index is 13.2. The van der Waals surface area contributed by atoms with Gasteiger partial charge in [0.2, 0.25) is 5.91 Å².